The quantitative estimate of drug-likeness (QED) is 0.218. The Kier molecular flexibility index (Phi) is 7.07. The molecule has 1 saturated carbocycles. The third-order valence-electron chi connectivity index (χ3n) is 6.39. The van der Waals surface area contributed by atoms with Crippen LogP contribution in [0.5, 0.6) is 17.4 Å². The van der Waals surface area contributed by atoms with Gasteiger partial charge >= 0.3 is 5.69 Å². The molecule has 0 spiro atoms. The zero-order valence-corrected chi connectivity index (χ0v) is 21.3. The molecule has 196 valence electrons. The fraction of sp³-hybridized carbons (Fsp3) is 0.296. The number of anilines is 1. The lowest BCUT2D eigenvalue weighted by atomic mass is 10.1. The van der Waals surface area contributed by atoms with Gasteiger partial charge in [0.1, 0.15) is 6.10 Å². The summed E-state index contributed by atoms with van der Waals surface area (Å²) in [7, 11) is 4.96. The molecule has 5 rings (SSSR count). The number of nitrogens with one attached hydrogen (secondary N) is 1. The maximum absolute atomic E-state index is 11.7. The Hall–Kier alpha value is -4.67. The van der Waals surface area contributed by atoms with E-state index in [0.717, 1.165) is 29.5 Å². The van der Waals surface area contributed by atoms with Crippen molar-refractivity contribution < 1.29 is 19.1 Å². The van der Waals surface area contributed by atoms with Crippen LogP contribution >= 0.6 is 0 Å². The molecule has 0 radical (unpaired) electrons. The molecule has 3 heterocycles. The van der Waals surface area contributed by atoms with Gasteiger partial charge < -0.3 is 19.5 Å². The summed E-state index contributed by atoms with van der Waals surface area (Å²) < 4.78 is 18.8. The van der Waals surface area contributed by atoms with Gasteiger partial charge in [-0.15, -0.1) is 0 Å². The van der Waals surface area contributed by atoms with Crippen molar-refractivity contribution in [2.45, 2.75) is 25.5 Å². The van der Waals surface area contributed by atoms with Gasteiger partial charge in [0.2, 0.25) is 11.7 Å². The Balaban J connectivity index is 1.31. The number of aromatic nitrogens is 4. The minimum absolute atomic E-state index is 0.112. The topological polar surface area (TPSA) is 126 Å². The number of aryl methyl sites for hydroxylation is 1. The number of hydrogen-bond acceptors (Lipinski definition) is 9. The smallest absolute Gasteiger partial charge is 0.311 e. The summed E-state index contributed by atoms with van der Waals surface area (Å²) in [5.74, 6) is 2.35. The number of methoxy groups -OCH3 is 2. The minimum atomic E-state index is -0.446. The average molecular weight is 517 g/mol. The second-order valence-corrected chi connectivity index (χ2v) is 9.10. The summed E-state index contributed by atoms with van der Waals surface area (Å²) in [5.41, 5.74) is 3.10. The molecule has 1 atom stereocenters. The first-order chi connectivity index (χ1) is 18.4. The van der Waals surface area contributed by atoms with E-state index in [-0.39, 0.29) is 17.6 Å². The Bertz CT molecular complexity index is 1430. The summed E-state index contributed by atoms with van der Waals surface area (Å²) in [6.45, 7) is 0.311. The van der Waals surface area contributed by atoms with Crippen LogP contribution in [0, 0.1) is 16.0 Å². The SMILES string of the molecule is COc1ccc(C(Oc2ccc(CNc3ncc(-c4cnn(C)c4)cc3[N+](=O)[O-])cc2OC)C2CC2)cn1. The third-order valence-corrected chi connectivity index (χ3v) is 6.39. The van der Waals surface area contributed by atoms with Crippen LogP contribution in [-0.2, 0) is 13.6 Å². The molecule has 1 fully saturated rings. The highest BCUT2D eigenvalue weighted by atomic mass is 16.6. The zero-order chi connectivity index (χ0) is 26.6. The van der Waals surface area contributed by atoms with E-state index in [9.17, 15) is 10.1 Å². The highest BCUT2D eigenvalue weighted by molar-refractivity contribution is 5.69. The predicted molar refractivity (Wildman–Crippen MR) is 140 cm³/mol. The summed E-state index contributed by atoms with van der Waals surface area (Å²) in [4.78, 5) is 19.9. The maximum atomic E-state index is 11.7. The molecule has 1 aliphatic rings. The molecule has 38 heavy (non-hydrogen) atoms. The van der Waals surface area contributed by atoms with Crippen LogP contribution in [0.1, 0.15) is 30.1 Å². The van der Waals surface area contributed by atoms with Gasteiger partial charge in [-0.1, -0.05) is 6.07 Å². The predicted octanol–water partition coefficient (Wildman–Crippen LogP) is 4.94. The van der Waals surface area contributed by atoms with Crippen LogP contribution in [0.25, 0.3) is 11.1 Å². The number of pyridine rings is 2. The van der Waals surface area contributed by atoms with E-state index in [0.29, 0.717) is 35.4 Å². The number of nitrogens with zero attached hydrogens (tertiary/aromatic N) is 5. The first kappa shape index (κ1) is 25.0. The molecule has 4 aromatic rings. The van der Waals surface area contributed by atoms with E-state index in [4.69, 9.17) is 14.2 Å². The maximum Gasteiger partial charge on any atom is 0.311 e. The molecule has 3 aromatic heterocycles. The highest BCUT2D eigenvalue weighted by Crippen LogP contribution is 2.45. The molecule has 0 saturated heterocycles. The molecule has 11 heteroatoms. The van der Waals surface area contributed by atoms with Gasteiger partial charge in [0.15, 0.2) is 11.5 Å². The molecule has 0 aliphatic heterocycles. The lowest BCUT2D eigenvalue weighted by Crippen LogP contribution is -2.11. The molecule has 0 bridgehead atoms. The normalized spacial score (nSPS) is 13.6. The molecule has 1 unspecified atom stereocenters. The average Bonchev–Trinajstić information content (AvgIpc) is 3.69. The monoisotopic (exact) mass is 516 g/mol. The van der Waals surface area contributed by atoms with Gasteiger partial charge in [0, 0.05) is 66.9 Å². The molecular formula is C27H28N6O5. The van der Waals surface area contributed by atoms with Crippen molar-refractivity contribution in [3.8, 4) is 28.5 Å². The second-order valence-electron chi connectivity index (χ2n) is 9.10. The lowest BCUT2D eigenvalue weighted by molar-refractivity contribution is -0.384. The van der Waals surface area contributed by atoms with Crippen LogP contribution in [0.3, 0.4) is 0 Å². The van der Waals surface area contributed by atoms with Crippen LogP contribution in [0.2, 0.25) is 0 Å². The molecule has 1 aliphatic carbocycles. The number of benzene rings is 1. The standard InChI is InChI=1S/C27H28N6O5/c1-32-16-21(15-31-32)20-11-22(33(34)35)27(30-14-20)29-12-17-4-8-23(24(10-17)36-2)38-26(18-5-6-18)19-7-9-25(37-3)28-13-19/h4,7-11,13-16,18,26H,5-6,12H2,1-3H3,(H,29,30). The summed E-state index contributed by atoms with van der Waals surface area (Å²) >= 11 is 0. The molecular weight excluding hydrogens is 488 g/mol. The van der Waals surface area contributed by atoms with Crippen molar-refractivity contribution in [1.29, 1.82) is 0 Å². The number of hydrogen-bond donors (Lipinski definition) is 1. The first-order valence-electron chi connectivity index (χ1n) is 12.2. The van der Waals surface area contributed by atoms with E-state index >= 15 is 0 Å². The highest BCUT2D eigenvalue weighted by Gasteiger charge is 2.35. The van der Waals surface area contributed by atoms with Crippen LogP contribution in [0.4, 0.5) is 11.5 Å². The Morgan fingerprint density at radius 2 is 1.89 bits per heavy atom. The van der Waals surface area contributed by atoms with Gasteiger partial charge in [0.05, 0.1) is 25.3 Å². The van der Waals surface area contributed by atoms with Crippen LogP contribution in [0.15, 0.2) is 61.2 Å². The van der Waals surface area contributed by atoms with Gasteiger partial charge in [-0.3, -0.25) is 14.8 Å². The van der Waals surface area contributed by atoms with Crippen molar-refractivity contribution in [3.63, 3.8) is 0 Å². The third kappa shape index (κ3) is 5.51. The van der Waals surface area contributed by atoms with Crippen molar-refractivity contribution in [2.75, 3.05) is 19.5 Å². The molecule has 0 amide bonds. The van der Waals surface area contributed by atoms with E-state index in [1.54, 1.807) is 50.7 Å². The lowest BCUT2D eigenvalue weighted by Gasteiger charge is -2.21. The van der Waals surface area contributed by atoms with E-state index < -0.39 is 4.92 Å². The van der Waals surface area contributed by atoms with Crippen molar-refractivity contribution >= 4 is 11.5 Å². The molecule has 1 N–H and O–H groups in total. The fourth-order valence-corrected chi connectivity index (χ4v) is 4.21. The van der Waals surface area contributed by atoms with Crippen molar-refractivity contribution in [2.24, 2.45) is 13.0 Å². The van der Waals surface area contributed by atoms with Gasteiger partial charge in [-0.05, 0) is 36.6 Å². The molecule has 1 aromatic carbocycles. The summed E-state index contributed by atoms with van der Waals surface area (Å²) in [5, 5.41) is 18.9. The Morgan fingerprint density at radius 3 is 2.53 bits per heavy atom. The fourth-order valence-electron chi connectivity index (χ4n) is 4.21. The number of ether oxygens (including phenoxy) is 3. The number of rotatable bonds is 11. The second kappa shape index (κ2) is 10.8. The van der Waals surface area contributed by atoms with Gasteiger partial charge in [-0.2, -0.15) is 5.10 Å². The zero-order valence-electron chi connectivity index (χ0n) is 21.3. The summed E-state index contributed by atoms with van der Waals surface area (Å²) in [6.07, 6.45) is 8.84. The number of nitro groups is 1. The van der Waals surface area contributed by atoms with Gasteiger partial charge in [-0.25, -0.2) is 9.97 Å². The van der Waals surface area contributed by atoms with E-state index in [2.05, 4.69) is 20.4 Å². The van der Waals surface area contributed by atoms with E-state index in [1.807, 2.05) is 30.3 Å². The Morgan fingerprint density at radius 1 is 1.05 bits per heavy atom. The first-order valence-corrected chi connectivity index (χ1v) is 12.2. The summed E-state index contributed by atoms with van der Waals surface area (Å²) in [6, 6.07) is 10.9. The largest absolute Gasteiger partial charge is 0.493 e. The van der Waals surface area contributed by atoms with Crippen molar-refractivity contribution in [3.05, 3.63) is 82.4 Å². The molecule has 11 nitrogen and oxygen atoms in total. The Labute approximate surface area is 219 Å². The van der Waals surface area contributed by atoms with Crippen LogP contribution in [-0.4, -0.2) is 38.9 Å². The van der Waals surface area contributed by atoms with E-state index in [1.165, 1.54) is 6.07 Å². The van der Waals surface area contributed by atoms with Gasteiger partial charge in [0.25, 0.3) is 0 Å². The minimum Gasteiger partial charge on any atom is -0.493 e. The van der Waals surface area contributed by atoms with Crippen molar-refractivity contribution in [1.82, 2.24) is 19.7 Å². The van der Waals surface area contributed by atoms with Crippen LogP contribution < -0.4 is 19.5 Å².